The number of halogens is 1. The number of hydrogen-bond acceptors (Lipinski definition) is 8. The van der Waals surface area contributed by atoms with E-state index in [0.717, 1.165) is 0 Å². The Labute approximate surface area is 171 Å². The fourth-order valence-corrected chi connectivity index (χ4v) is 2.97. The molecule has 0 unspecified atom stereocenters. The van der Waals surface area contributed by atoms with Crippen LogP contribution in [-0.4, -0.2) is 35.4 Å². The largest absolute Gasteiger partial charge is 0.493 e. The first-order chi connectivity index (χ1) is 13.6. The lowest BCUT2D eigenvalue weighted by Gasteiger charge is -2.13. The molecule has 0 radical (unpaired) electrons. The van der Waals surface area contributed by atoms with E-state index in [1.165, 1.54) is 18.0 Å². The lowest BCUT2D eigenvalue weighted by molar-refractivity contribution is 0.355. The molecule has 0 bridgehead atoms. The topological polar surface area (TPSA) is 93.0 Å². The second kappa shape index (κ2) is 8.78. The minimum absolute atomic E-state index is 0.293. The van der Waals surface area contributed by atoms with E-state index < -0.39 is 0 Å². The van der Waals surface area contributed by atoms with E-state index in [9.17, 15) is 5.26 Å². The summed E-state index contributed by atoms with van der Waals surface area (Å²) in [5, 5.41) is 13.9. The quantitative estimate of drug-likeness (QED) is 0.464. The maximum Gasteiger partial charge on any atom is 0.189 e. The van der Waals surface area contributed by atoms with Crippen LogP contribution in [0, 0.1) is 11.3 Å². The molecule has 142 valence electrons. The van der Waals surface area contributed by atoms with Crippen LogP contribution in [0.25, 0.3) is 11.3 Å². The highest BCUT2D eigenvalue weighted by Gasteiger charge is 2.18. The van der Waals surface area contributed by atoms with Crippen molar-refractivity contribution in [3.63, 3.8) is 0 Å². The zero-order valence-corrected chi connectivity index (χ0v) is 16.9. The lowest BCUT2D eigenvalue weighted by Crippen LogP contribution is -2.04. The molecule has 0 saturated heterocycles. The molecule has 7 nitrogen and oxygen atoms in total. The molecule has 28 heavy (non-hydrogen) atoms. The third kappa shape index (κ3) is 4.11. The Morgan fingerprint density at radius 1 is 1.11 bits per heavy atom. The Hall–Kier alpha value is -3.02. The molecule has 9 heteroatoms. The molecule has 0 spiro atoms. The van der Waals surface area contributed by atoms with Crippen molar-refractivity contribution in [1.29, 1.82) is 5.26 Å². The minimum atomic E-state index is 0.293. The summed E-state index contributed by atoms with van der Waals surface area (Å²) in [7, 11) is 3.12. The van der Waals surface area contributed by atoms with E-state index in [0.29, 0.717) is 50.1 Å². The number of nitrogens with one attached hydrogen (secondary N) is 1. The van der Waals surface area contributed by atoms with Crippen LogP contribution in [-0.2, 0) is 0 Å². The van der Waals surface area contributed by atoms with E-state index in [4.69, 9.17) is 21.1 Å². The van der Waals surface area contributed by atoms with Crippen molar-refractivity contribution in [1.82, 2.24) is 15.0 Å². The molecule has 2 aromatic heterocycles. The number of ether oxygens (including phenoxy) is 2. The molecule has 2 heterocycles. The zero-order valence-electron chi connectivity index (χ0n) is 15.4. The van der Waals surface area contributed by atoms with Gasteiger partial charge in [0.1, 0.15) is 17.5 Å². The van der Waals surface area contributed by atoms with Crippen molar-refractivity contribution in [2.45, 2.75) is 5.16 Å². The molecule has 0 amide bonds. The van der Waals surface area contributed by atoms with Gasteiger partial charge in [-0.1, -0.05) is 23.4 Å². The molecule has 0 saturated carbocycles. The van der Waals surface area contributed by atoms with Crippen LogP contribution in [0.4, 0.5) is 11.6 Å². The van der Waals surface area contributed by atoms with E-state index in [2.05, 4.69) is 26.3 Å². The van der Waals surface area contributed by atoms with Crippen molar-refractivity contribution in [2.24, 2.45) is 0 Å². The van der Waals surface area contributed by atoms with Crippen molar-refractivity contribution < 1.29 is 9.47 Å². The number of pyridine rings is 1. The minimum Gasteiger partial charge on any atom is -0.493 e. The van der Waals surface area contributed by atoms with Gasteiger partial charge in [-0.25, -0.2) is 15.0 Å². The van der Waals surface area contributed by atoms with E-state index >= 15 is 0 Å². The molecule has 0 aliphatic carbocycles. The van der Waals surface area contributed by atoms with Crippen molar-refractivity contribution in [2.75, 3.05) is 25.8 Å². The molecular weight excluding hydrogens is 398 g/mol. The van der Waals surface area contributed by atoms with Crippen LogP contribution in [0.15, 0.2) is 41.7 Å². The van der Waals surface area contributed by atoms with Gasteiger partial charge in [-0.2, -0.15) is 5.26 Å². The lowest BCUT2D eigenvalue weighted by atomic mass is 10.1. The van der Waals surface area contributed by atoms with Gasteiger partial charge in [-0.05, 0) is 36.6 Å². The average molecular weight is 414 g/mol. The highest BCUT2D eigenvalue weighted by Crippen LogP contribution is 2.35. The second-order valence-corrected chi connectivity index (χ2v) is 6.66. The van der Waals surface area contributed by atoms with Gasteiger partial charge in [0, 0.05) is 11.8 Å². The Morgan fingerprint density at radius 3 is 2.50 bits per heavy atom. The van der Waals surface area contributed by atoms with Crippen molar-refractivity contribution in [3.8, 4) is 28.8 Å². The molecule has 1 aromatic carbocycles. The first kappa shape index (κ1) is 19.7. The molecule has 0 atom stereocenters. The van der Waals surface area contributed by atoms with E-state index in [1.54, 1.807) is 38.5 Å². The standard InChI is InChI=1S/C19H16ClN5O2S/c1-26-14-6-4-11(8-15(14)27-2)17-13(9-21)18(25-19(24-17)28-3)23-16-7-5-12(20)10-22-16/h4-8,10H,1-3H3,(H,22,23,24,25). The van der Waals surface area contributed by atoms with Crippen molar-refractivity contribution in [3.05, 3.63) is 47.1 Å². The van der Waals surface area contributed by atoms with Gasteiger partial charge in [-0.3, -0.25) is 0 Å². The highest BCUT2D eigenvalue weighted by molar-refractivity contribution is 7.98. The molecular formula is C19H16ClN5O2S. The molecule has 3 aromatic rings. The summed E-state index contributed by atoms with van der Waals surface area (Å²) in [6.07, 6.45) is 3.38. The maximum atomic E-state index is 9.80. The van der Waals surface area contributed by atoms with Gasteiger partial charge in [-0.15, -0.1) is 0 Å². The van der Waals surface area contributed by atoms with Gasteiger partial charge in [0.25, 0.3) is 0 Å². The van der Waals surface area contributed by atoms with Crippen LogP contribution in [0.1, 0.15) is 5.56 Å². The number of aromatic nitrogens is 3. The van der Waals surface area contributed by atoms with Crippen LogP contribution in [0.3, 0.4) is 0 Å². The van der Waals surface area contributed by atoms with E-state index in [1.807, 2.05) is 12.3 Å². The summed E-state index contributed by atoms with van der Waals surface area (Å²) in [4.78, 5) is 13.2. The fourth-order valence-electron chi connectivity index (χ4n) is 2.49. The highest BCUT2D eigenvalue weighted by atomic mass is 35.5. The summed E-state index contributed by atoms with van der Waals surface area (Å²) in [5.74, 6) is 2.01. The predicted molar refractivity (Wildman–Crippen MR) is 110 cm³/mol. The number of nitrogens with zero attached hydrogens (tertiary/aromatic N) is 4. The molecule has 0 aliphatic heterocycles. The van der Waals surface area contributed by atoms with Gasteiger partial charge in [0.15, 0.2) is 22.5 Å². The summed E-state index contributed by atoms with van der Waals surface area (Å²) in [6.45, 7) is 0. The first-order valence-corrected chi connectivity index (χ1v) is 9.67. The Bertz CT molecular complexity index is 1040. The van der Waals surface area contributed by atoms with Gasteiger partial charge in [0.2, 0.25) is 0 Å². The number of methoxy groups -OCH3 is 2. The Kier molecular flexibility index (Phi) is 6.19. The summed E-state index contributed by atoms with van der Waals surface area (Å²) >= 11 is 7.26. The second-order valence-electron chi connectivity index (χ2n) is 5.45. The van der Waals surface area contributed by atoms with Gasteiger partial charge >= 0.3 is 0 Å². The van der Waals surface area contributed by atoms with Crippen LogP contribution < -0.4 is 14.8 Å². The van der Waals surface area contributed by atoms with E-state index in [-0.39, 0.29) is 0 Å². The van der Waals surface area contributed by atoms with Crippen molar-refractivity contribution >= 4 is 35.0 Å². The van der Waals surface area contributed by atoms with Crippen LogP contribution in [0.2, 0.25) is 5.02 Å². The van der Waals surface area contributed by atoms with Crippen LogP contribution in [0.5, 0.6) is 11.5 Å². The number of rotatable bonds is 6. The maximum absolute atomic E-state index is 9.80. The molecule has 0 fully saturated rings. The monoisotopic (exact) mass is 413 g/mol. The number of nitriles is 1. The normalized spacial score (nSPS) is 10.2. The average Bonchev–Trinajstić information content (AvgIpc) is 2.74. The Balaban J connectivity index is 2.13. The molecule has 3 rings (SSSR count). The number of thioether (sulfide) groups is 1. The molecule has 0 aliphatic rings. The smallest absolute Gasteiger partial charge is 0.189 e. The van der Waals surface area contributed by atoms with Gasteiger partial charge < -0.3 is 14.8 Å². The summed E-state index contributed by atoms with van der Waals surface area (Å²) < 4.78 is 10.7. The van der Waals surface area contributed by atoms with Gasteiger partial charge in [0.05, 0.1) is 24.9 Å². The summed E-state index contributed by atoms with van der Waals surface area (Å²) in [6, 6.07) is 11.0. The predicted octanol–water partition coefficient (Wildman–Crippen LogP) is 4.55. The molecule has 1 N–H and O–H groups in total. The SMILES string of the molecule is COc1ccc(-c2nc(SC)nc(Nc3ccc(Cl)cn3)c2C#N)cc1OC. The Morgan fingerprint density at radius 2 is 1.89 bits per heavy atom. The number of benzene rings is 1. The number of anilines is 2. The summed E-state index contributed by atoms with van der Waals surface area (Å²) in [5.41, 5.74) is 1.49. The fraction of sp³-hybridized carbons (Fsp3) is 0.158. The third-order valence-corrected chi connectivity index (χ3v) is 4.59. The van der Waals surface area contributed by atoms with Crippen LogP contribution >= 0.6 is 23.4 Å². The third-order valence-electron chi connectivity index (χ3n) is 3.81. The number of hydrogen-bond donors (Lipinski definition) is 1. The first-order valence-electron chi connectivity index (χ1n) is 8.06. The zero-order chi connectivity index (χ0) is 20.1.